The highest BCUT2D eigenvalue weighted by atomic mass is 19.4. The van der Waals surface area contributed by atoms with Crippen LogP contribution in [0.4, 0.5) is 13.2 Å². The minimum atomic E-state index is -4.06. The first-order valence-electron chi connectivity index (χ1n) is 7.04. The molecular formula is C13H22F3N3. The lowest BCUT2D eigenvalue weighted by Gasteiger charge is -2.34. The molecule has 0 amide bonds. The first kappa shape index (κ1) is 14.5. The van der Waals surface area contributed by atoms with Crippen LogP contribution in [0.25, 0.3) is 0 Å². The summed E-state index contributed by atoms with van der Waals surface area (Å²) >= 11 is 0. The molecule has 0 radical (unpaired) electrons. The van der Waals surface area contributed by atoms with Crippen LogP contribution in [0.1, 0.15) is 32.1 Å². The third kappa shape index (κ3) is 3.76. The fraction of sp³-hybridized carbons (Fsp3) is 0.923. The normalized spacial score (nSPS) is 29.1. The molecule has 19 heavy (non-hydrogen) atoms. The summed E-state index contributed by atoms with van der Waals surface area (Å²) in [6, 6.07) is 0. The summed E-state index contributed by atoms with van der Waals surface area (Å²) in [6.45, 7) is 2.06. The molecule has 1 heterocycles. The predicted octanol–water partition coefficient (Wildman–Crippen LogP) is 2.64. The van der Waals surface area contributed by atoms with Crippen molar-refractivity contribution < 1.29 is 13.2 Å². The molecule has 0 saturated heterocycles. The van der Waals surface area contributed by atoms with Crippen molar-refractivity contribution in [1.29, 1.82) is 0 Å². The second-order valence-corrected chi connectivity index (χ2v) is 5.55. The lowest BCUT2D eigenvalue weighted by Crippen LogP contribution is -2.46. The van der Waals surface area contributed by atoms with Gasteiger partial charge in [-0.05, 0) is 25.2 Å². The number of halogens is 3. The van der Waals surface area contributed by atoms with E-state index < -0.39 is 12.1 Å². The van der Waals surface area contributed by atoms with E-state index in [1.807, 2.05) is 11.9 Å². The van der Waals surface area contributed by atoms with Crippen molar-refractivity contribution in [2.75, 3.05) is 26.7 Å². The van der Waals surface area contributed by atoms with Gasteiger partial charge in [-0.25, -0.2) is 0 Å². The Bertz CT molecular complexity index is 328. The van der Waals surface area contributed by atoms with E-state index in [-0.39, 0.29) is 12.3 Å². The van der Waals surface area contributed by atoms with E-state index in [2.05, 4.69) is 10.3 Å². The molecule has 2 aliphatic rings. The summed E-state index contributed by atoms with van der Waals surface area (Å²) in [6.07, 6.45) is -0.515. The van der Waals surface area contributed by atoms with Crippen LogP contribution < -0.4 is 5.32 Å². The molecule has 0 aromatic rings. The van der Waals surface area contributed by atoms with E-state index in [4.69, 9.17) is 0 Å². The van der Waals surface area contributed by atoms with E-state index in [1.54, 1.807) is 0 Å². The van der Waals surface area contributed by atoms with Crippen LogP contribution in [0.5, 0.6) is 0 Å². The summed E-state index contributed by atoms with van der Waals surface area (Å²) in [7, 11) is 1.92. The van der Waals surface area contributed by atoms with Gasteiger partial charge >= 0.3 is 6.18 Å². The third-order valence-electron chi connectivity index (χ3n) is 4.13. The molecule has 3 nitrogen and oxygen atoms in total. The Morgan fingerprint density at radius 1 is 1.26 bits per heavy atom. The van der Waals surface area contributed by atoms with Gasteiger partial charge in [-0.1, -0.05) is 12.8 Å². The molecule has 110 valence electrons. The molecule has 6 heteroatoms. The molecule has 0 unspecified atom stereocenters. The van der Waals surface area contributed by atoms with Gasteiger partial charge in [0.25, 0.3) is 0 Å². The molecule has 0 aromatic carbocycles. The van der Waals surface area contributed by atoms with Crippen LogP contribution in [0.2, 0.25) is 0 Å². The summed E-state index contributed by atoms with van der Waals surface area (Å²) in [5, 5.41) is 3.12. The van der Waals surface area contributed by atoms with Gasteiger partial charge in [0.15, 0.2) is 5.96 Å². The zero-order chi connectivity index (χ0) is 13.9. The van der Waals surface area contributed by atoms with Crippen molar-refractivity contribution in [2.24, 2.45) is 16.8 Å². The first-order chi connectivity index (χ1) is 8.98. The standard InChI is InChI=1S/C13H22F3N3/c1-19-8-4-7-17-12(19)18-9-10-5-2-3-6-11(10)13(14,15)16/h10-11H,2-9H2,1H3,(H,17,18)/t10-,11-/m1/s1. The Kier molecular flexibility index (Phi) is 4.58. The van der Waals surface area contributed by atoms with E-state index >= 15 is 0 Å². The number of alkyl halides is 3. The Hall–Kier alpha value is -0.940. The highest BCUT2D eigenvalue weighted by molar-refractivity contribution is 5.80. The third-order valence-corrected chi connectivity index (χ3v) is 4.13. The molecule has 1 aliphatic carbocycles. The molecule has 1 aliphatic heterocycles. The Morgan fingerprint density at radius 2 is 2.00 bits per heavy atom. The molecule has 1 fully saturated rings. The van der Waals surface area contributed by atoms with Crippen LogP contribution in [-0.2, 0) is 0 Å². The van der Waals surface area contributed by atoms with Crippen LogP contribution in [-0.4, -0.2) is 43.7 Å². The molecule has 1 N–H and O–H groups in total. The van der Waals surface area contributed by atoms with Crippen molar-refractivity contribution in [2.45, 2.75) is 38.3 Å². The second kappa shape index (κ2) is 6.01. The molecule has 2 rings (SSSR count). The zero-order valence-corrected chi connectivity index (χ0v) is 11.3. The highest BCUT2D eigenvalue weighted by Crippen LogP contribution is 2.41. The Balaban J connectivity index is 1.91. The number of aliphatic imine (C=N–C) groups is 1. The van der Waals surface area contributed by atoms with Crippen molar-refractivity contribution in [1.82, 2.24) is 10.2 Å². The summed E-state index contributed by atoms with van der Waals surface area (Å²) < 4.78 is 38.9. The molecule has 0 aromatic heterocycles. The summed E-state index contributed by atoms with van der Waals surface area (Å²) in [5.41, 5.74) is 0. The average Bonchev–Trinajstić information content (AvgIpc) is 2.37. The number of nitrogens with zero attached hydrogens (tertiary/aromatic N) is 2. The van der Waals surface area contributed by atoms with Gasteiger partial charge < -0.3 is 10.2 Å². The maximum absolute atomic E-state index is 13.0. The van der Waals surface area contributed by atoms with Gasteiger partial charge in [-0.3, -0.25) is 4.99 Å². The SMILES string of the molecule is CN1CCCN=C1NC[C@H]1CCCC[C@H]1C(F)(F)F. The first-order valence-corrected chi connectivity index (χ1v) is 7.04. The fourth-order valence-corrected chi connectivity index (χ4v) is 3.02. The second-order valence-electron chi connectivity index (χ2n) is 5.55. The minimum absolute atomic E-state index is 0.276. The van der Waals surface area contributed by atoms with E-state index in [0.29, 0.717) is 19.4 Å². The van der Waals surface area contributed by atoms with Crippen molar-refractivity contribution in [3.63, 3.8) is 0 Å². The summed E-state index contributed by atoms with van der Waals surface area (Å²) in [4.78, 5) is 6.31. The van der Waals surface area contributed by atoms with Crippen LogP contribution in [0.15, 0.2) is 4.99 Å². The Labute approximate surface area is 112 Å². The van der Waals surface area contributed by atoms with Gasteiger partial charge in [-0.15, -0.1) is 0 Å². The topological polar surface area (TPSA) is 27.6 Å². The minimum Gasteiger partial charge on any atom is -0.356 e. The van der Waals surface area contributed by atoms with E-state index in [9.17, 15) is 13.2 Å². The van der Waals surface area contributed by atoms with Gasteiger partial charge in [0.05, 0.1) is 5.92 Å². The average molecular weight is 277 g/mol. The summed E-state index contributed by atoms with van der Waals surface area (Å²) in [5.74, 6) is -0.715. The quantitative estimate of drug-likeness (QED) is 0.840. The van der Waals surface area contributed by atoms with Gasteiger partial charge in [0.1, 0.15) is 0 Å². The fourth-order valence-electron chi connectivity index (χ4n) is 3.02. The lowest BCUT2D eigenvalue weighted by molar-refractivity contribution is -0.195. The van der Waals surface area contributed by atoms with Gasteiger partial charge in [0.2, 0.25) is 0 Å². The van der Waals surface area contributed by atoms with E-state index in [0.717, 1.165) is 31.9 Å². The lowest BCUT2D eigenvalue weighted by atomic mass is 9.79. The van der Waals surface area contributed by atoms with Crippen molar-refractivity contribution in [3.8, 4) is 0 Å². The number of nitrogens with one attached hydrogen (secondary N) is 1. The molecule has 2 atom stereocenters. The van der Waals surface area contributed by atoms with E-state index in [1.165, 1.54) is 0 Å². The maximum Gasteiger partial charge on any atom is 0.392 e. The van der Waals surface area contributed by atoms with Crippen molar-refractivity contribution in [3.05, 3.63) is 0 Å². The molecule has 0 spiro atoms. The highest BCUT2D eigenvalue weighted by Gasteiger charge is 2.45. The number of rotatable bonds is 2. The smallest absolute Gasteiger partial charge is 0.356 e. The van der Waals surface area contributed by atoms with Crippen LogP contribution in [0, 0.1) is 11.8 Å². The Morgan fingerprint density at radius 3 is 2.68 bits per heavy atom. The van der Waals surface area contributed by atoms with Crippen LogP contribution >= 0.6 is 0 Å². The van der Waals surface area contributed by atoms with Crippen LogP contribution in [0.3, 0.4) is 0 Å². The predicted molar refractivity (Wildman–Crippen MR) is 69.1 cm³/mol. The molecule has 0 bridgehead atoms. The number of guanidine groups is 1. The van der Waals surface area contributed by atoms with Crippen molar-refractivity contribution >= 4 is 5.96 Å². The number of hydrogen-bond donors (Lipinski definition) is 1. The van der Waals surface area contributed by atoms with Gasteiger partial charge in [0, 0.05) is 26.7 Å². The zero-order valence-electron chi connectivity index (χ0n) is 11.3. The van der Waals surface area contributed by atoms with Gasteiger partial charge in [-0.2, -0.15) is 13.2 Å². The number of hydrogen-bond acceptors (Lipinski definition) is 3. The molecular weight excluding hydrogens is 255 g/mol. The monoisotopic (exact) mass is 277 g/mol. The largest absolute Gasteiger partial charge is 0.392 e. The molecule has 1 saturated carbocycles. The maximum atomic E-state index is 13.0.